The van der Waals surface area contributed by atoms with Crippen LogP contribution in [0.4, 0.5) is 0 Å². The molecule has 0 fully saturated rings. The van der Waals surface area contributed by atoms with E-state index in [-0.39, 0.29) is 24.3 Å². The van der Waals surface area contributed by atoms with Gasteiger partial charge in [0.25, 0.3) is 0 Å². The van der Waals surface area contributed by atoms with Crippen LogP contribution in [0.1, 0.15) is 43.5 Å². The van der Waals surface area contributed by atoms with Crippen molar-refractivity contribution in [1.29, 1.82) is 0 Å². The lowest BCUT2D eigenvalue weighted by Crippen LogP contribution is -2.33. The number of aromatic nitrogens is 1. The molecule has 1 heterocycles. The molecule has 0 bridgehead atoms. The Labute approximate surface area is 147 Å². The molecule has 25 heavy (non-hydrogen) atoms. The van der Waals surface area contributed by atoms with Gasteiger partial charge in [0.15, 0.2) is 0 Å². The zero-order valence-corrected chi connectivity index (χ0v) is 14.7. The lowest BCUT2D eigenvalue weighted by atomic mass is 10.0. The van der Waals surface area contributed by atoms with Crippen molar-refractivity contribution in [1.82, 2.24) is 15.6 Å². The number of carbonyl (C=O) groups is 2. The molecular weight excluding hydrogens is 318 g/mol. The van der Waals surface area contributed by atoms with Crippen molar-refractivity contribution in [3.8, 4) is 5.75 Å². The Morgan fingerprint density at radius 3 is 2.40 bits per heavy atom. The molecule has 6 heteroatoms. The van der Waals surface area contributed by atoms with Crippen LogP contribution in [0.25, 0.3) is 0 Å². The summed E-state index contributed by atoms with van der Waals surface area (Å²) in [5, 5.41) is 5.76. The zero-order chi connectivity index (χ0) is 18.2. The van der Waals surface area contributed by atoms with Gasteiger partial charge in [-0.3, -0.25) is 14.6 Å². The monoisotopic (exact) mass is 341 g/mol. The first-order chi connectivity index (χ1) is 12.0. The molecule has 1 aromatic heterocycles. The summed E-state index contributed by atoms with van der Waals surface area (Å²) in [5.41, 5.74) is 1.77. The van der Waals surface area contributed by atoms with E-state index < -0.39 is 6.04 Å². The molecule has 1 aromatic carbocycles. The van der Waals surface area contributed by atoms with Crippen molar-refractivity contribution in [3.05, 3.63) is 59.9 Å². The van der Waals surface area contributed by atoms with E-state index in [0.717, 1.165) is 16.9 Å². The molecule has 2 aromatic rings. The maximum Gasteiger partial charge on any atom is 0.222 e. The normalized spacial score (nSPS) is 12.8. The Balaban J connectivity index is 2.05. The molecule has 0 aliphatic carbocycles. The summed E-state index contributed by atoms with van der Waals surface area (Å²) < 4.78 is 5.14. The molecule has 2 N–H and O–H groups in total. The van der Waals surface area contributed by atoms with E-state index in [9.17, 15) is 9.59 Å². The standard InChI is InChI=1S/C19H23N3O3/c1-13(16-5-4-10-20-12-16)21-19(24)11-18(22-14(2)23)15-6-8-17(25-3)9-7-15/h4-10,12-13,18H,11H2,1-3H3,(H,21,24)(H,22,23). The molecule has 2 atom stereocenters. The number of nitrogens with zero attached hydrogens (tertiary/aromatic N) is 1. The number of carbonyl (C=O) groups excluding carboxylic acids is 2. The molecule has 0 aliphatic rings. The van der Waals surface area contributed by atoms with Crippen LogP contribution in [0.15, 0.2) is 48.8 Å². The lowest BCUT2D eigenvalue weighted by Gasteiger charge is -2.20. The fraction of sp³-hybridized carbons (Fsp3) is 0.316. The summed E-state index contributed by atoms with van der Waals surface area (Å²) in [7, 11) is 1.59. The third-order valence-corrected chi connectivity index (χ3v) is 3.85. The first kappa shape index (κ1) is 18.4. The highest BCUT2D eigenvalue weighted by Gasteiger charge is 2.19. The van der Waals surface area contributed by atoms with Gasteiger partial charge in [0, 0.05) is 19.3 Å². The van der Waals surface area contributed by atoms with Gasteiger partial charge in [0.05, 0.1) is 25.6 Å². The van der Waals surface area contributed by atoms with Crippen LogP contribution in [0.3, 0.4) is 0 Å². The van der Waals surface area contributed by atoms with Crippen molar-refractivity contribution >= 4 is 11.8 Å². The van der Waals surface area contributed by atoms with Gasteiger partial charge in [0.1, 0.15) is 5.75 Å². The van der Waals surface area contributed by atoms with Crippen LogP contribution in [0, 0.1) is 0 Å². The average molecular weight is 341 g/mol. The number of nitrogens with one attached hydrogen (secondary N) is 2. The second kappa shape index (κ2) is 8.82. The van der Waals surface area contributed by atoms with Gasteiger partial charge < -0.3 is 15.4 Å². The second-order valence-corrected chi connectivity index (χ2v) is 5.81. The molecule has 0 saturated carbocycles. The molecule has 0 spiro atoms. The Hall–Kier alpha value is -2.89. The molecule has 0 aliphatic heterocycles. The number of benzene rings is 1. The summed E-state index contributed by atoms with van der Waals surface area (Å²) in [4.78, 5) is 28.0. The zero-order valence-electron chi connectivity index (χ0n) is 14.7. The SMILES string of the molecule is COc1ccc(C(CC(=O)NC(C)c2cccnc2)NC(C)=O)cc1. The molecule has 6 nitrogen and oxygen atoms in total. The number of amides is 2. The highest BCUT2D eigenvalue weighted by molar-refractivity contribution is 5.79. The molecule has 0 radical (unpaired) electrons. The Bertz CT molecular complexity index is 702. The summed E-state index contributed by atoms with van der Waals surface area (Å²) in [6.07, 6.45) is 3.56. The molecule has 2 amide bonds. The Morgan fingerprint density at radius 2 is 1.84 bits per heavy atom. The maximum absolute atomic E-state index is 12.4. The highest BCUT2D eigenvalue weighted by atomic mass is 16.5. The van der Waals surface area contributed by atoms with Gasteiger partial charge in [-0.25, -0.2) is 0 Å². The van der Waals surface area contributed by atoms with E-state index in [1.807, 2.05) is 31.2 Å². The number of methoxy groups -OCH3 is 1. The molecule has 132 valence electrons. The van der Waals surface area contributed by atoms with E-state index >= 15 is 0 Å². The minimum Gasteiger partial charge on any atom is -0.497 e. The number of rotatable bonds is 7. The average Bonchev–Trinajstić information content (AvgIpc) is 2.61. The quantitative estimate of drug-likeness (QED) is 0.811. The van der Waals surface area contributed by atoms with Crippen molar-refractivity contribution in [2.24, 2.45) is 0 Å². The van der Waals surface area contributed by atoms with E-state index in [1.165, 1.54) is 6.92 Å². The first-order valence-corrected chi connectivity index (χ1v) is 8.10. The van der Waals surface area contributed by atoms with Crippen LogP contribution >= 0.6 is 0 Å². The van der Waals surface area contributed by atoms with E-state index in [4.69, 9.17) is 4.74 Å². The van der Waals surface area contributed by atoms with E-state index in [2.05, 4.69) is 15.6 Å². The summed E-state index contributed by atoms with van der Waals surface area (Å²) in [5.74, 6) is 0.389. The van der Waals surface area contributed by atoms with Gasteiger partial charge in [0.2, 0.25) is 11.8 Å². The molecule has 0 saturated heterocycles. The predicted octanol–water partition coefficient (Wildman–Crippen LogP) is 2.53. The number of ether oxygens (including phenoxy) is 1. The van der Waals surface area contributed by atoms with Crippen molar-refractivity contribution in [3.63, 3.8) is 0 Å². The third kappa shape index (κ3) is 5.60. The van der Waals surface area contributed by atoms with Crippen LogP contribution < -0.4 is 15.4 Å². The van der Waals surface area contributed by atoms with E-state index in [0.29, 0.717) is 0 Å². The Morgan fingerprint density at radius 1 is 1.12 bits per heavy atom. The Kier molecular flexibility index (Phi) is 6.51. The minimum atomic E-state index is -0.399. The van der Waals surface area contributed by atoms with Crippen molar-refractivity contribution in [2.75, 3.05) is 7.11 Å². The molecular formula is C19H23N3O3. The molecule has 2 unspecified atom stereocenters. The topological polar surface area (TPSA) is 80.3 Å². The van der Waals surface area contributed by atoms with Crippen LogP contribution in [-0.4, -0.2) is 23.9 Å². The van der Waals surface area contributed by atoms with Gasteiger partial charge in [-0.15, -0.1) is 0 Å². The lowest BCUT2D eigenvalue weighted by molar-refractivity contribution is -0.123. The summed E-state index contributed by atoms with van der Waals surface area (Å²) >= 11 is 0. The second-order valence-electron chi connectivity index (χ2n) is 5.81. The first-order valence-electron chi connectivity index (χ1n) is 8.10. The van der Waals surface area contributed by atoms with Gasteiger partial charge in [-0.05, 0) is 36.2 Å². The summed E-state index contributed by atoms with van der Waals surface area (Å²) in [6.45, 7) is 3.34. The number of hydrogen-bond acceptors (Lipinski definition) is 4. The fourth-order valence-corrected chi connectivity index (χ4v) is 2.54. The van der Waals surface area contributed by atoms with Crippen molar-refractivity contribution < 1.29 is 14.3 Å². The highest BCUT2D eigenvalue weighted by Crippen LogP contribution is 2.21. The maximum atomic E-state index is 12.4. The third-order valence-electron chi connectivity index (χ3n) is 3.85. The smallest absolute Gasteiger partial charge is 0.222 e. The molecule has 2 rings (SSSR count). The van der Waals surface area contributed by atoms with Gasteiger partial charge >= 0.3 is 0 Å². The van der Waals surface area contributed by atoms with Gasteiger partial charge in [-0.1, -0.05) is 18.2 Å². The number of hydrogen-bond donors (Lipinski definition) is 2. The summed E-state index contributed by atoms with van der Waals surface area (Å²) in [6, 6.07) is 10.5. The van der Waals surface area contributed by atoms with Crippen molar-refractivity contribution in [2.45, 2.75) is 32.4 Å². The van der Waals surface area contributed by atoms with Crippen LogP contribution in [0.5, 0.6) is 5.75 Å². The predicted molar refractivity (Wildman–Crippen MR) is 95.0 cm³/mol. The minimum absolute atomic E-state index is 0.147. The fourth-order valence-electron chi connectivity index (χ4n) is 2.54. The van der Waals surface area contributed by atoms with Crippen LogP contribution in [0.2, 0.25) is 0 Å². The largest absolute Gasteiger partial charge is 0.497 e. The van der Waals surface area contributed by atoms with E-state index in [1.54, 1.807) is 31.6 Å². The van der Waals surface area contributed by atoms with Gasteiger partial charge in [-0.2, -0.15) is 0 Å². The number of pyridine rings is 1. The van der Waals surface area contributed by atoms with Crippen LogP contribution in [-0.2, 0) is 9.59 Å².